The molecule has 0 saturated carbocycles. The van der Waals surface area contributed by atoms with E-state index in [0.29, 0.717) is 5.92 Å². The minimum Gasteiger partial charge on any atom is -0.294 e. The number of rotatable bonds is 2. The molecule has 1 unspecified atom stereocenters. The summed E-state index contributed by atoms with van der Waals surface area (Å²) >= 11 is 0. The molecule has 0 aliphatic heterocycles. The molecular formula is C20H26O. The maximum absolute atomic E-state index is 12.2. The van der Waals surface area contributed by atoms with Crippen LogP contribution in [0.15, 0.2) is 35.4 Å². The van der Waals surface area contributed by atoms with E-state index in [0.717, 1.165) is 11.1 Å². The zero-order chi connectivity index (χ0) is 15.9. The third kappa shape index (κ3) is 2.88. The van der Waals surface area contributed by atoms with Gasteiger partial charge in [0.2, 0.25) is 0 Å². The fraction of sp³-hybridized carbons (Fsp3) is 0.450. The summed E-state index contributed by atoms with van der Waals surface area (Å²) in [5.41, 5.74) is 7.19. The van der Waals surface area contributed by atoms with E-state index < -0.39 is 0 Å². The Balaban J connectivity index is 2.62. The van der Waals surface area contributed by atoms with Gasteiger partial charge in [0.1, 0.15) is 0 Å². The first-order chi connectivity index (χ1) is 9.62. The molecule has 1 aliphatic rings. The molecule has 0 fully saturated rings. The topological polar surface area (TPSA) is 17.1 Å². The van der Waals surface area contributed by atoms with Crippen molar-refractivity contribution in [1.82, 2.24) is 0 Å². The highest BCUT2D eigenvalue weighted by Crippen LogP contribution is 2.40. The first-order valence-electron chi connectivity index (χ1n) is 7.67. The van der Waals surface area contributed by atoms with Crippen LogP contribution in [0.5, 0.6) is 0 Å². The van der Waals surface area contributed by atoms with Crippen molar-refractivity contribution < 1.29 is 4.79 Å². The normalized spacial score (nSPS) is 19.0. The average molecular weight is 282 g/mol. The van der Waals surface area contributed by atoms with Crippen LogP contribution in [0.2, 0.25) is 0 Å². The standard InChI is InChI=1S/C20H26O/c1-12-10-13(2)19(14(12)3)17-9-8-16(20(5,6)7)11-18(17)15(4)21/h8-11,14H,1-7H3. The highest BCUT2D eigenvalue weighted by molar-refractivity contribution is 6.00. The van der Waals surface area contributed by atoms with Gasteiger partial charge in [-0.2, -0.15) is 0 Å². The van der Waals surface area contributed by atoms with E-state index in [1.165, 1.54) is 22.3 Å². The molecule has 0 aromatic heterocycles. The Hall–Kier alpha value is -1.63. The number of hydrogen-bond donors (Lipinski definition) is 0. The number of ketones is 1. The number of benzene rings is 1. The van der Waals surface area contributed by atoms with Gasteiger partial charge in [-0.25, -0.2) is 0 Å². The summed E-state index contributed by atoms with van der Waals surface area (Å²) in [7, 11) is 0. The van der Waals surface area contributed by atoms with E-state index in [4.69, 9.17) is 0 Å². The maximum atomic E-state index is 12.2. The molecule has 2 rings (SSSR count). The number of Topliss-reactive ketones (excluding diaryl/α,β-unsaturated/α-hetero) is 1. The Kier molecular flexibility index (Phi) is 3.97. The molecule has 0 amide bonds. The van der Waals surface area contributed by atoms with Crippen molar-refractivity contribution in [2.75, 3.05) is 0 Å². The van der Waals surface area contributed by atoms with E-state index in [2.05, 4.69) is 65.8 Å². The van der Waals surface area contributed by atoms with Gasteiger partial charge in [-0.1, -0.05) is 51.5 Å². The predicted octanol–water partition coefficient (Wildman–Crippen LogP) is 5.56. The van der Waals surface area contributed by atoms with Crippen molar-refractivity contribution in [3.63, 3.8) is 0 Å². The summed E-state index contributed by atoms with van der Waals surface area (Å²) in [6.07, 6.45) is 2.24. The monoisotopic (exact) mass is 282 g/mol. The molecule has 112 valence electrons. The van der Waals surface area contributed by atoms with Crippen LogP contribution in [0.4, 0.5) is 0 Å². The van der Waals surface area contributed by atoms with Crippen molar-refractivity contribution in [3.05, 3.63) is 52.1 Å². The SMILES string of the molecule is CC(=O)c1cc(C(C)(C)C)ccc1C1=C(C)C=C(C)C1C. The van der Waals surface area contributed by atoms with Crippen LogP contribution in [-0.4, -0.2) is 5.78 Å². The molecule has 1 atom stereocenters. The second-order valence-corrected chi connectivity index (χ2v) is 7.27. The lowest BCUT2D eigenvalue weighted by Crippen LogP contribution is -2.13. The van der Waals surface area contributed by atoms with E-state index >= 15 is 0 Å². The van der Waals surface area contributed by atoms with Gasteiger partial charge in [0.15, 0.2) is 5.78 Å². The highest BCUT2D eigenvalue weighted by atomic mass is 16.1. The third-order valence-corrected chi connectivity index (χ3v) is 4.54. The van der Waals surface area contributed by atoms with Gasteiger partial charge >= 0.3 is 0 Å². The van der Waals surface area contributed by atoms with E-state index in [1.807, 2.05) is 0 Å². The molecule has 0 radical (unpaired) electrons. The van der Waals surface area contributed by atoms with Gasteiger partial charge in [-0.15, -0.1) is 0 Å². The highest BCUT2D eigenvalue weighted by Gasteiger charge is 2.25. The number of carbonyl (C=O) groups excluding carboxylic acids is 1. The Bertz CT molecular complexity index is 651. The molecule has 1 nitrogen and oxygen atoms in total. The first kappa shape index (κ1) is 15.8. The minimum absolute atomic E-state index is 0.0572. The summed E-state index contributed by atoms with van der Waals surface area (Å²) < 4.78 is 0. The smallest absolute Gasteiger partial charge is 0.160 e. The molecule has 0 N–H and O–H groups in total. The fourth-order valence-corrected chi connectivity index (χ4v) is 3.10. The van der Waals surface area contributed by atoms with E-state index in [1.54, 1.807) is 6.92 Å². The molecule has 1 aromatic carbocycles. The summed E-state index contributed by atoms with van der Waals surface area (Å²) in [5, 5.41) is 0. The van der Waals surface area contributed by atoms with Gasteiger partial charge < -0.3 is 0 Å². The second kappa shape index (κ2) is 5.29. The maximum Gasteiger partial charge on any atom is 0.160 e. The second-order valence-electron chi connectivity index (χ2n) is 7.27. The molecule has 0 bridgehead atoms. The third-order valence-electron chi connectivity index (χ3n) is 4.54. The summed E-state index contributed by atoms with van der Waals surface area (Å²) in [6, 6.07) is 6.39. The molecule has 0 spiro atoms. The molecule has 1 heteroatoms. The zero-order valence-corrected chi connectivity index (χ0v) is 14.3. The molecule has 21 heavy (non-hydrogen) atoms. The molecule has 0 saturated heterocycles. The zero-order valence-electron chi connectivity index (χ0n) is 14.3. The molecule has 1 aromatic rings. The molecular weight excluding hydrogens is 256 g/mol. The van der Waals surface area contributed by atoms with Gasteiger partial charge in [0.05, 0.1) is 0 Å². The van der Waals surface area contributed by atoms with E-state index in [-0.39, 0.29) is 11.2 Å². The lowest BCUT2D eigenvalue weighted by Gasteiger charge is -2.22. The Morgan fingerprint density at radius 3 is 2.19 bits per heavy atom. The van der Waals surface area contributed by atoms with Gasteiger partial charge in [0.25, 0.3) is 0 Å². The summed E-state index contributed by atoms with van der Waals surface area (Å²) in [4.78, 5) is 12.2. The van der Waals surface area contributed by atoms with Crippen LogP contribution in [0.1, 0.15) is 70.0 Å². The first-order valence-corrected chi connectivity index (χ1v) is 7.67. The van der Waals surface area contributed by atoms with Crippen LogP contribution in [0.3, 0.4) is 0 Å². The largest absolute Gasteiger partial charge is 0.294 e. The number of carbonyl (C=O) groups is 1. The van der Waals surface area contributed by atoms with Crippen LogP contribution in [-0.2, 0) is 5.41 Å². The van der Waals surface area contributed by atoms with Crippen molar-refractivity contribution >= 4 is 11.4 Å². The fourth-order valence-electron chi connectivity index (χ4n) is 3.10. The van der Waals surface area contributed by atoms with Gasteiger partial charge in [0, 0.05) is 11.5 Å². The Labute approximate surface area is 128 Å². The lowest BCUT2D eigenvalue weighted by molar-refractivity contribution is 0.101. The van der Waals surface area contributed by atoms with Crippen LogP contribution < -0.4 is 0 Å². The molecule has 1 aliphatic carbocycles. The number of hydrogen-bond acceptors (Lipinski definition) is 1. The summed E-state index contributed by atoms with van der Waals surface area (Å²) in [6.45, 7) is 14.7. The van der Waals surface area contributed by atoms with Gasteiger partial charge in [-0.3, -0.25) is 4.79 Å². The average Bonchev–Trinajstić information content (AvgIpc) is 2.61. The van der Waals surface area contributed by atoms with Gasteiger partial charge in [-0.05, 0) is 54.5 Å². The quantitative estimate of drug-likeness (QED) is 0.649. The Morgan fingerprint density at radius 1 is 1.14 bits per heavy atom. The number of allylic oxidation sites excluding steroid dienone is 4. The van der Waals surface area contributed by atoms with Crippen LogP contribution in [0, 0.1) is 5.92 Å². The van der Waals surface area contributed by atoms with Crippen LogP contribution in [0.25, 0.3) is 5.57 Å². The van der Waals surface area contributed by atoms with Crippen molar-refractivity contribution in [2.24, 2.45) is 5.92 Å². The van der Waals surface area contributed by atoms with E-state index in [9.17, 15) is 4.79 Å². The van der Waals surface area contributed by atoms with Crippen molar-refractivity contribution in [2.45, 2.75) is 53.9 Å². The minimum atomic E-state index is 0.0572. The van der Waals surface area contributed by atoms with Crippen molar-refractivity contribution in [3.8, 4) is 0 Å². The van der Waals surface area contributed by atoms with Crippen molar-refractivity contribution in [1.29, 1.82) is 0 Å². The lowest BCUT2D eigenvalue weighted by atomic mass is 9.81. The predicted molar refractivity (Wildman–Crippen MR) is 90.7 cm³/mol. The molecule has 0 heterocycles. The van der Waals surface area contributed by atoms with Crippen LogP contribution >= 0.6 is 0 Å². The summed E-state index contributed by atoms with van der Waals surface area (Å²) in [5.74, 6) is 0.539. The Morgan fingerprint density at radius 2 is 1.76 bits per heavy atom.